The molecule has 0 fully saturated rings. The van der Waals surface area contributed by atoms with Crippen molar-refractivity contribution >= 4 is 17.6 Å². The number of carbonyl (C=O) groups excluding carboxylic acids is 1. The second-order valence-electron chi connectivity index (χ2n) is 4.34. The Bertz CT molecular complexity index is 593. The molecule has 1 unspecified atom stereocenters. The quantitative estimate of drug-likeness (QED) is 0.508. The standard InChI is InChI=1S/C12H12N4O3/c1-16-10-3-2-7(4-8(10)5-11(16)17)9(14-15-13)6-12(18)19/h2-4,9H,5-6H2,1H3,(H,18,19). The van der Waals surface area contributed by atoms with E-state index in [1.165, 1.54) is 0 Å². The molecule has 19 heavy (non-hydrogen) atoms. The van der Waals surface area contributed by atoms with E-state index < -0.39 is 12.0 Å². The van der Waals surface area contributed by atoms with Gasteiger partial charge >= 0.3 is 5.97 Å². The number of rotatable bonds is 4. The highest BCUT2D eigenvalue weighted by Crippen LogP contribution is 2.32. The minimum absolute atomic E-state index is 0.00859. The average molecular weight is 260 g/mol. The van der Waals surface area contributed by atoms with Crippen molar-refractivity contribution in [2.45, 2.75) is 18.9 Å². The van der Waals surface area contributed by atoms with Gasteiger partial charge in [0.2, 0.25) is 5.91 Å². The van der Waals surface area contributed by atoms with E-state index in [-0.39, 0.29) is 18.7 Å². The minimum Gasteiger partial charge on any atom is -0.481 e. The van der Waals surface area contributed by atoms with Crippen molar-refractivity contribution in [3.05, 3.63) is 39.8 Å². The van der Waals surface area contributed by atoms with Gasteiger partial charge in [0, 0.05) is 17.6 Å². The van der Waals surface area contributed by atoms with Gasteiger partial charge in [-0.15, -0.1) is 0 Å². The molecule has 2 rings (SSSR count). The molecule has 98 valence electrons. The first-order chi connectivity index (χ1) is 9.02. The average Bonchev–Trinajstić information content (AvgIpc) is 2.63. The number of carbonyl (C=O) groups is 2. The molecule has 7 nitrogen and oxygen atoms in total. The van der Waals surface area contributed by atoms with Crippen molar-refractivity contribution in [1.29, 1.82) is 0 Å². The zero-order valence-corrected chi connectivity index (χ0v) is 10.3. The van der Waals surface area contributed by atoms with E-state index in [9.17, 15) is 9.59 Å². The van der Waals surface area contributed by atoms with Crippen LogP contribution in [0.15, 0.2) is 23.3 Å². The summed E-state index contributed by atoms with van der Waals surface area (Å²) in [4.78, 5) is 26.5. The number of fused-ring (bicyclic) bond motifs is 1. The molecule has 0 aromatic heterocycles. The number of hydrogen-bond acceptors (Lipinski definition) is 3. The fourth-order valence-electron chi connectivity index (χ4n) is 2.15. The first-order valence-corrected chi connectivity index (χ1v) is 5.68. The Hall–Kier alpha value is -2.53. The van der Waals surface area contributed by atoms with Crippen LogP contribution in [0.3, 0.4) is 0 Å². The van der Waals surface area contributed by atoms with Crippen LogP contribution in [-0.2, 0) is 16.0 Å². The number of likely N-dealkylation sites (N-methyl/N-ethyl adjacent to an activating group) is 1. The predicted octanol–water partition coefficient (Wildman–Crippen LogP) is 2.03. The number of benzene rings is 1. The third-order valence-electron chi connectivity index (χ3n) is 3.12. The van der Waals surface area contributed by atoms with E-state index in [0.29, 0.717) is 5.56 Å². The van der Waals surface area contributed by atoms with Gasteiger partial charge in [0.05, 0.1) is 18.9 Å². The minimum atomic E-state index is -1.04. The lowest BCUT2D eigenvalue weighted by Crippen LogP contribution is -2.20. The normalized spacial score (nSPS) is 14.8. The van der Waals surface area contributed by atoms with Crippen molar-refractivity contribution in [1.82, 2.24) is 0 Å². The van der Waals surface area contributed by atoms with E-state index >= 15 is 0 Å². The summed E-state index contributed by atoms with van der Waals surface area (Å²) < 4.78 is 0. The SMILES string of the molecule is CN1C(=O)Cc2cc(C(CC(=O)O)N=[N+]=[N-])ccc21. The number of hydrogen-bond donors (Lipinski definition) is 1. The molecule has 1 aliphatic rings. The Morgan fingerprint density at radius 2 is 2.37 bits per heavy atom. The number of carboxylic acid groups (broad SMARTS) is 1. The summed E-state index contributed by atoms with van der Waals surface area (Å²) in [5, 5.41) is 12.3. The van der Waals surface area contributed by atoms with E-state index in [2.05, 4.69) is 10.0 Å². The summed E-state index contributed by atoms with van der Waals surface area (Å²) in [5.74, 6) is -1.04. The third kappa shape index (κ3) is 2.51. The number of nitrogens with zero attached hydrogens (tertiary/aromatic N) is 4. The summed E-state index contributed by atoms with van der Waals surface area (Å²) >= 11 is 0. The Kier molecular flexibility index (Phi) is 3.39. The molecule has 0 radical (unpaired) electrons. The Labute approximate surface area is 109 Å². The van der Waals surface area contributed by atoms with E-state index in [1.807, 2.05) is 0 Å². The van der Waals surface area contributed by atoms with Crippen LogP contribution in [0, 0.1) is 0 Å². The fourth-order valence-corrected chi connectivity index (χ4v) is 2.15. The number of aliphatic carboxylic acids is 1. The van der Waals surface area contributed by atoms with Gasteiger partial charge in [-0.3, -0.25) is 9.59 Å². The molecule has 0 bridgehead atoms. The van der Waals surface area contributed by atoms with Crippen LogP contribution in [0.25, 0.3) is 10.4 Å². The number of anilines is 1. The van der Waals surface area contributed by atoms with Gasteiger partial charge in [-0.25, -0.2) is 0 Å². The highest BCUT2D eigenvalue weighted by molar-refractivity contribution is 6.00. The van der Waals surface area contributed by atoms with Gasteiger partial charge in [-0.2, -0.15) is 0 Å². The van der Waals surface area contributed by atoms with Gasteiger partial charge in [-0.1, -0.05) is 17.2 Å². The first-order valence-electron chi connectivity index (χ1n) is 5.68. The summed E-state index contributed by atoms with van der Waals surface area (Å²) in [6.45, 7) is 0. The smallest absolute Gasteiger partial charge is 0.304 e. The van der Waals surface area contributed by atoms with Crippen molar-refractivity contribution in [3.8, 4) is 0 Å². The molecule has 1 amide bonds. The van der Waals surface area contributed by atoms with Crippen molar-refractivity contribution in [2.75, 3.05) is 11.9 Å². The molecule has 0 aliphatic carbocycles. The molecule has 1 atom stereocenters. The third-order valence-corrected chi connectivity index (χ3v) is 3.12. The van der Waals surface area contributed by atoms with Crippen LogP contribution in [0.1, 0.15) is 23.6 Å². The van der Waals surface area contributed by atoms with Crippen LogP contribution >= 0.6 is 0 Å². The second kappa shape index (κ2) is 4.99. The lowest BCUT2D eigenvalue weighted by molar-refractivity contribution is -0.137. The highest BCUT2D eigenvalue weighted by Gasteiger charge is 2.25. The van der Waals surface area contributed by atoms with Crippen molar-refractivity contribution < 1.29 is 14.7 Å². The number of amides is 1. The lowest BCUT2D eigenvalue weighted by atomic mass is 10.0. The molecule has 1 aliphatic heterocycles. The summed E-state index contributed by atoms with van der Waals surface area (Å²) in [7, 11) is 1.69. The zero-order chi connectivity index (χ0) is 14.0. The van der Waals surface area contributed by atoms with Crippen molar-refractivity contribution in [3.63, 3.8) is 0 Å². The first kappa shape index (κ1) is 12.9. The largest absolute Gasteiger partial charge is 0.481 e. The monoisotopic (exact) mass is 260 g/mol. The van der Waals surface area contributed by atoms with Gasteiger partial charge in [0.15, 0.2) is 0 Å². The molecule has 1 aromatic rings. The van der Waals surface area contributed by atoms with Crippen LogP contribution in [0.2, 0.25) is 0 Å². The highest BCUT2D eigenvalue weighted by atomic mass is 16.4. The molecule has 0 spiro atoms. The van der Waals surface area contributed by atoms with Crippen LogP contribution < -0.4 is 4.90 Å². The molecule has 1 aromatic carbocycles. The van der Waals surface area contributed by atoms with E-state index in [0.717, 1.165) is 11.3 Å². The lowest BCUT2D eigenvalue weighted by Gasteiger charge is -2.13. The topological polar surface area (TPSA) is 106 Å². The van der Waals surface area contributed by atoms with Crippen molar-refractivity contribution in [2.24, 2.45) is 5.11 Å². The summed E-state index contributed by atoms with van der Waals surface area (Å²) in [6, 6.07) is 4.42. The molecule has 0 saturated heterocycles. The van der Waals surface area contributed by atoms with E-state index in [1.54, 1.807) is 30.1 Å². The zero-order valence-electron chi connectivity index (χ0n) is 10.3. The Balaban J connectivity index is 2.36. The summed E-state index contributed by atoms with van der Waals surface area (Å²) in [5.41, 5.74) is 10.7. The molecule has 7 heteroatoms. The van der Waals surface area contributed by atoms with Crippen LogP contribution in [-0.4, -0.2) is 24.0 Å². The molecular formula is C12H12N4O3. The second-order valence-corrected chi connectivity index (χ2v) is 4.34. The maximum absolute atomic E-state index is 11.6. The fraction of sp³-hybridized carbons (Fsp3) is 0.333. The van der Waals surface area contributed by atoms with Crippen LogP contribution in [0.4, 0.5) is 5.69 Å². The van der Waals surface area contributed by atoms with Crippen LogP contribution in [0.5, 0.6) is 0 Å². The van der Waals surface area contributed by atoms with E-state index in [4.69, 9.17) is 10.6 Å². The number of azide groups is 1. The Morgan fingerprint density at radius 1 is 1.63 bits per heavy atom. The van der Waals surface area contributed by atoms with Gasteiger partial charge in [0.25, 0.3) is 0 Å². The van der Waals surface area contributed by atoms with Gasteiger partial charge in [0.1, 0.15) is 0 Å². The molecule has 1 heterocycles. The number of carboxylic acids is 1. The molecule has 0 saturated carbocycles. The summed E-state index contributed by atoms with van der Waals surface area (Å²) in [6.07, 6.45) is 0.0162. The maximum Gasteiger partial charge on any atom is 0.304 e. The van der Waals surface area contributed by atoms with Gasteiger partial charge < -0.3 is 10.0 Å². The molecular weight excluding hydrogens is 248 g/mol. The molecule has 1 N–H and O–H groups in total. The Morgan fingerprint density at radius 3 is 3.00 bits per heavy atom. The van der Waals surface area contributed by atoms with Gasteiger partial charge in [-0.05, 0) is 22.7 Å². The predicted molar refractivity (Wildman–Crippen MR) is 67.7 cm³/mol. The maximum atomic E-state index is 11.6.